The van der Waals surface area contributed by atoms with Crippen LogP contribution < -0.4 is 0 Å². The predicted octanol–water partition coefficient (Wildman–Crippen LogP) is 2.95. The summed E-state index contributed by atoms with van der Waals surface area (Å²) in [6, 6.07) is 0. The van der Waals surface area contributed by atoms with Gasteiger partial charge in [0.05, 0.1) is 0 Å². The fourth-order valence-electron chi connectivity index (χ4n) is 0. The molecule has 0 aliphatic rings. The standard InChI is InChI=1S/7ClH.2V/h7*1H;;. The Morgan fingerprint density at radius 3 is 0.222 bits per heavy atom. The molecule has 0 bridgehead atoms. The minimum absolute atomic E-state index is 0. The molecule has 0 aromatic carbocycles. The van der Waals surface area contributed by atoms with Crippen molar-refractivity contribution in [1.82, 2.24) is 0 Å². The van der Waals surface area contributed by atoms with E-state index in [1.165, 1.54) is 0 Å². The minimum atomic E-state index is 0. The maximum atomic E-state index is 0. The molecule has 0 unspecified atom stereocenters. The van der Waals surface area contributed by atoms with Crippen molar-refractivity contribution in [3.63, 3.8) is 0 Å². The zero-order chi connectivity index (χ0) is 0. The van der Waals surface area contributed by atoms with Crippen LogP contribution in [0.2, 0.25) is 0 Å². The van der Waals surface area contributed by atoms with Crippen LogP contribution in [-0.4, -0.2) is 0 Å². The second kappa shape index (κ2) is 114. The first-order valence-electron chi connectivity index (χ1n) is 0. The first-order chi connectivity index (χ1) is 0. The van der Waals surface area contributed by atoms with E-state index in [2.05, 4.69) is 0 Å². The Balaban J connectivity index is 0. The third kappa shape index (κ3) is 92.6. The van der Waals surface area contributed by atoms with Crippen molar-refractivity contribution < 1.29 is 37.1 Å². The molecule has 9 heavy (non-hydrogen) atoms. The van der Waals surface area contributed by atoms with E-state index in [0.717, 1.165) is 0 Å². The summed E-state index contributed by atoms with van der Waals surface area (Å²) in [6.45, 7) is 0. The second-order valence-corrected chi connectivity index (χ2v) is 0. The number of halogens is 7. The maximum absolute atomic E-state index is 0. The predicted molar refractivity (Wildman–Crippen MR) is 50.7 cm³/mol. The summed E-state index contributed by atoms with van der Waals surface area (Å²) in [5, 5.41) is 0. The van der Waals surface area contributed by atoms with Crippen molar-refractivity contribution in [2.24, 2.45) is 0 Å². The first-order valence-corrected chi connectivity index (χ1v) is 0. The van der Waals surface area contributed by atoms with Crippen molar-refractivity contribution in [2.45, 2.75) is 0 Å². The van der Waals surface area contributed by atoms with Crippen LogP contribution in [0.3, 0.4) is 0 Å². The summed E-state index contributed by atoms with van der Waals surface area (Å²) in [7, 11) is 0. The van der Waals surface area contributed by atoms with E-state index in [1.54, 1.807) is 0 Å². The quantitative estimate of drug-likeness (QED) is 0.626. The molecule has 0 aromatic heterocycles. The molecule has 0 fully saturated rings. The monoisotopic (exact) mass is 354 g/mol. The van der Waals surface area contributed by atoms with Crippen molar-refractivity contribution in [2.75, 3.05) is 0 Å². The maximum Gasteiger partial charge on any atom is 0 e. The summed E-state index contributed by atoms with van der Waals surface area (Å²) in [4.78, 5) is 0. The zero-order valence-electron chi connectivity index (χ0n) is 3.75. The van der Waals surface area contributed by atoms with Gasteiger partial charge in [0.2, 0.25) is 0 Å². The van der Waals surface area contributed by atoms with Gasteiger partial charge in [0.15, 0.2) is 0 Å². The largest absolute Gasteiger partial charge is 0.147 e. The van der Waals surface area contributed by atoms with Crippen LogP contribution in [0.25, 0.3) is 0 Å². The van der Waals surface area contributed by atoms with Crippen LogP contribution in [0.4, 0.5) is 0 Å². The van der Waals surface area contributed by atoms with E-state index in [1.807, 2.05) is 0 Å². The molecule has 0 nitrogen and oxygen atoms in total. The molecule has 0 saturated carbocycles. The van der Waals surface area contributed by atoms with Gasteiger partial charge in [-0.25, -0.2) is 0 Å². The average Bonchev–Trinajstić information content (AvgIpc) is 0. The molecule has 0 aromatic rings. The molecule has 2 radical (unpaired) electrons. The number of rotatable bonds is 0. The van der Waals surface area contributed by atoms with Crippen molar-refractivity contribution in [3.8, 4) is 0 Å². The zero-order valence-corrected chi connectivity index (χ0v) is 12.3. The van der Waals surface area contributed by atoms with Gasteiger partial charge in [0, 0.05) is 37.1 Å². The van der Waals surface area contributed by atoms with Crippen molar-refractivity contribution in [3.05, 3.63) is 0 Å². The summed E-state index contributed by atoms with van der Waals surface area (Å²) in [6.07, 6.45) is 0. The Morgan fingerprint density at radius 1 is 0.222 bits per heavy atom. The van der Waals surface area contributed by atoms with E-state index in [0.29, 0.717) is 0 Å². The van der Waals surface area contributed by atoms with Crippen LogP contribution in [0.15, 0.2) is 0 Å². The second-order valence-electron chi connectivity index (χ2n) is 0. The molecule has 9 heteroatoms. The van der Waals surface area contributed by atoms with Gasteiger partial charge in [-0.1, -0.05) is 0 Å². The molecule has 0 N–H and O–H groups in total. The fraction of sp³-hybridized carbons (Fsp3) is 0. The summed E-state index contributed by atoms with van der Waals surface area (Å²) >= 11 is 0. The summed E-state index contributed by atoms with van der Waals surface area (Å²) < 4.78 is 0. The molecule has 0 rings (SSSR count). The summed E-state index contributed by atoms with van der Waals surface area (Å²) in [5.41, 5.74) is 0. The Labute approximate surface area is 122 Å². The Morgan fingerprint density at radius 2 is 0.222 bits per heavy atom. The Hall–Kier alpha value is 3.20. The van der Waals surface area contributed by atoms with E-state index in [9.17, 15) is 0 Å². The summed E-state index contributed by atoms with van der Waals surface area (Å²) in [5.74, 6) is 0. The molecule has 0 saturated heterocycles. The van der Waals surface area contributed by atoms with E-state index < -0.39 is 0 Å². The minimum Gasteiger partial charge on any atom is -0.147 e. The van der Waals surface area contributed by atoms with E-state index in [-0.39, 0.29) is 124 Å². The topological polar surface area (TPSA) is 0 Å². The van der Waals surface area contributed by atoms with Crippen LogP contribution >= 0.6 is 86.8 Å². The third-order valence-electron chi connectivity index (χ3n) is 0. The molecular formula is H7Cl7V2. The smallest absolute Gasteiger partial charge is 0 e. The van der Waals surface area contributed by atoms with Crippen molar-refractivity contribution in [1.29, 1.82) is 0 Å². The first kappa shape index (κ1) is 150. The number of hydrogen-bond acceptors (Lipinski definition) is 0. The van der Waals surface area contributed by atoms with Gasteiger partial charge in [-0.05, 0) is 0 Å². The third-order valence-corrected chi connectivity index (χ3v) is 0. The van der Waals surface area contributed by atoms with Gasteiger partial charge in [-0.15, -0.1) is 86.8 Å². The van der Waals surface area contributed by atoms with Crippen LogP contribution in [0.1, 0.15) is 0 Å². The Bertz CT molecular complexity index is 6.88. The SMILES string of the molecule is Cl.Cl.Cl.Cl.Cl.Cl.Cl.[V].[V]. The number of hydrogen-bond donors (Lipinski definition) is 0. The molecule has 0 heterocycles. The van der Waals surface area contributed by atoms with Gasteiger partial charge < -0.3 is 0 Å². The molecule has 66 valence electrons. The molecular weight excluding hydrogens is 350 g/mol. The Kier molecular flexibility index (Phi) is 1890. The molecule has 0 amide bonds. The van der Waals surface area contributed by atoms with Crippen LogP contribution in [-0.2, 0) is 37.1 Å². The van der Waals surface area contributed by atoms with Gasteiger partial charge in [0.1, 0.15) is 0 Å². The van der Waals surface area contributed by atoms with E-state index in [4.69, 9.17) is 0 Å². The molecule has 0 aliphatic carbocycles. The van der Waals surface area contributed by atoms with Gasteiger partial charge in [0.25, 0.3) is 0 Å². The average molecular weight is 357 g/mol. The van der Waals surface area contributed by atoms with Crippen molar-refractivity contribution >= 4 is 86.8 Å². The van der Waals surface area contributed by atoms with Gasteiger partial charge >= 0.3 is 0 Å². The molecule has 0 aliphatic heterocycles. The molecule has 0 atom stereocenters. The fourth-order valence-corrected chi connectivity index (χ4v) is 0. The normalized spacial score (nSPS) is 0. The van der Waals surface area contributed by atoms with E-state index >= 15 is 0 Å². The molecule has 0 spiro atoms. The van der Waals surface area contributed by atoms with Gasteiger partial charge in [-0.2, -0.15) is 0 Å². The van der Waals surface area contributed by atoms with Crippen LogP contribution in [0.5, 0.6) is 0 Å². The van der Waals surface area contributed by atoms with Crippen LogP contribution in [0, 0.1) is 0 Å². The van der Waals surface area contributed by atoms with Gasteiger partial charge in [-0.3, -0.25) is 0 Å².